The van der Waals surface area contributed by atoms with Crippen LogP contribution in [0.5, 0.6) is 0 Å². The fraction of sp³-hybridized carbons (Fsp3) is 0.652. The molecule has 1 spiro atoms. The third kappa shape index (κ3) is 3.17. The first-order chi connectivity index (χ1) is 14.1. The van der Waals surface area contributed by atoms with E-state index in [4.69, 9.17) is 4.74 Å². The van der Waals surface area contributed by atoms with Gasteiger partial charge < -0.3 is 19.6 Å². The van der Waals surface area contributed by atoms with Gasteiger partial charge in [0.1, 0.15) is 0 Å². The van der Waals surface area contributed by atoms with Crippen LogP contribution < -0.4 is 0 Å². The lowest BCUT2D eigenvalue weighted by Crippen LogP contribution is -2.86. The highest BCUT2D eigenvalue weighted by molar-refractivity contribution is 5.84. The molecule has 5 rings (SSSR count). The van der Waals surface area contributed by atoms with E-state index in [0.29, 0.717) is 38.6 Å². The second kappa shape index (κ2) is 7.40. The van der Waals surface area contributed by atoms with Gasteiger partial charge in [0.15, 0.2) is 0 Å². The SMILES string of the molecule is O=C(C1CCOCC1)N1CC2(C1)[C@H](c1ccccc1)[C@H](CO)N2C(=O)CC1CC1. The smallest absolute Gasteiger partial charge is 0.226 e. The van der Waals surface area contributed by atoms with Gasteiger partial charge in [-0.25, -0.2) is 0 Å². The maximum atomic E-state index is 13.1. The summed E-state index contributed by atoms with van der Waals surface area (Å²) in [5, 5.41) is 10.1. The molecule has 0 radical (unpaired) electrons. The number of aliphatic hydroxyl groups excluding tert-OH is 1. The first-order valence-electron chi connectivity index (χ1n) is 11.0. The fourth-order valence-corrected chi connectivity index (χ4v) is 5.71. The summed E-state index contributed by atoms with van der Waals surface area (Å²) in [6.45, 7) is 2.43. The Morgan fingerprint density at radius 2 is 1.76 bits per heavy atom. The number of hydrogen-bond acceptors (Lipinski definition) is 4. The minimum Gasteiger partial charge on any atom is -0.394 e. The van der Waals surface area contributed by atoms with E-state index < -0.39 is 0 Å². The van der Waals surface area contributed by atoms with Gasteiger partial charge in [0.05, 0.1) is 18.2 Å². The Hall–Kier alpha value is -1.92. The van der Waals surface area contributed by atoms with Crippen LogP contribution in [0.4, 0.5) is 0 Å². The van der Waals surface area contributed by atoms with E-state index in [1.54, 1.807) is 0 Å². The Bertz CT molecular complexity index is 766. The predicted octanol–water partition coefficient (Wildman–Crippen LogP) is 1.78. The molecule has 0 unspecified atom stereocenters. The molecule has 3 aliphatic heterocycles. The third-order valence-electron chi connectivity index (χ3n) is 7.36. The van der Waals surface area contributed by atoms with Crippen molar-refractivity contribution in [2.24, 2.45) is 11.8 Å². The number of amides is 2. The summed E-state index contributed by atoms with van der Waals surface area (Å²) in [5.41, 5.74) is 0.793. The summed E-state index contributed by atoms with van der Waals surface area (Å²) < 4.78 is 5.40. The molecule has 2 atom stereocenters. The Labute approximate surface area is 171 Å². The zero-order valence-corrected chi connectivity index (χ0v) is 16.8. The van der Waals surface area contributed by atoms with Crippen LogP contribution in [0.25, 0.3) is 0 Å². The number of ether oxygens (including phenoxy) is 1. The van der Waals surface area contributed by atoms with E-state index in [0.717, 1.165) is 31.2 Å². The van der Waals surface area contributed by atoms with Crippen molar-refractivity contribution in [3.05, 3.63) is 35.9 Å². The minimum absolute atomic E-state index is 0.0361. The molecule has 1 N–H and O–H groups in total. The van der Waals surface area contributed by atoms with Crippen molar-refractivity contribution < 1.29 is 19.4 Å². The summed E-state index contributed by atoms with van der Waals surface area (Å²) in [5.74, 6) is 0.982. The summed E-state index contributed by atoms with van der Waals surface area (Å²) in [6, 6.07) is 9.98. The van der Waals surface area contributed by atoms with Crippen LogP contribution in [-0.4, -0.2) is 71.2 Å². The van der Waals surface area contributed by atoms with E-state index in [1.165, 1.54) is 0 Å². The number of rotatable bonds is 5. The second-order valence-electron chi connectivity index (χ2n) is 9.23. The van der Waals surface area contributed by atoms with Gasteiger partial charge in [-0.1, -0.05) is 30.3 Å². The molecule has 4 aliphatic rings. The zero-order valence-electron chi connectivity index (χ0n) is 16.8. The highest BCUT2D eigenvalue weighted by Crippen LogP contribution is 2.55. The highest BCUT2D eigenvalue weighted by Gasteiger charge is 2.68. The molecular weight excluding hydrogens is 368 g/mol. The molecule has 6 nitrogen and oxygen atoms in total. The number of nitrogens with zero attached hydrogens (tertiary/aromatic N) is 2. The molecule has 2 amide bonds. The van der Waals surface area contributed by atoms with Crippen molar-refractivity contribution in [2.75, 3.05) is 32.9 Å². The number of carbonyl (C=O) groups excluding carboxylic acids is 2. The Kier molecular flexibility index (Phi) is 4.87. The van der Waals surface area contributed by atoms with Crippen LogP contribution in [-0.2, 0) is 14.3 Å². The van der Waals surface area contributed by atoms with Crippen LogP contribution in [0.2, 0.25) is 0 Å². The van der Waals surface area contributed by atoms with Gasteiger partial charge in [0.25, 0.3) is 0 Å². The average Bonchev–Trinajstić information content (AvgIpc) is 3.51. The van der Waals surface area contributed by atoms with Crippen LogP contribution in [0.15, 0.2) is 30.3 Å². The van der Waals surface area contributed by atoms with Gasteiger partial charge in [-0.05, 0) is 37.2 Å². The number of carbonyl (C=O) groups is 2. The molecule has 1 aromatic carbocycles. The lowest BCUT2D eigenvalue weighted by atomic mass is 9.60. The lowest BCUT2D eigenvalue weighted by molar-refractivity contribution is -0.205. The molecule has 6 heteroatoms. The molecule has 3 saturated heterocycles. The van der Waals surface area contributed by atoms with Gasteiger partial charge in [-0.15, -0.1) is 0 Å². The molecule has 1 aromatic rings. The first-order valence-corrected chi connectivity index (χ1v) is 11.0. The molecule has 3 heterocycles. The van der Waals surface area contributed by atoms with Crippen molar-refractivity contribution in [3.63, 3.8) is 0 Å². The molecule has 0 bridgehead atoms. The number of hydrogen-bond donors (Lipinski definition) is 1. The molecule has 1 aliphatic carbocycles. The molecule has 29 heavy (non-hydrogen) atoms. The van der Waals surface area contributed by atoms with Gasteiger partial charge in [-0.3, -0.25) is 9.59 Å². The predicted molar refractivity (Wildman–Crippen MR) is 107 cm³/mol. The lowest BCUT2D eigenvalue weighted by Gasteiger charge is -2.70. The summed E-state index contributed by atoms with van der Waals surface area (Å²) in [4.78, 5) is 30.0. The van der Waals surface area contributed by atoms with Crippen molar-refractivity contribution in [1.29, 1.82) is 0 Å². The molecule has 4 fully saturated rings. The zero-order chi connectivity index (χ0) is 20.0. The normalized spacial score (nSPS) is 28.7. The second-order valence-corrected chi connectivity index (χ2v) is 9.23. The number of benzene rings is 1. The Morgan fingerprint density at radius 1 is 1.07 bits per heavy atom. The third-order valence-corrected chi connectivity index (χ3v) is 7.36. The molecule has 1 saturated carbocycles. The quantitative estimate of drug-likeness (QED) is 0.821. The van der Waals surface area contributed by atoms with Gasteiger partial charge in [0, 0.05) is 44.6 Å². The monoisotopic (exact) mass is 398 g/mol. The van der Waals surface area contributed by atoms with Gasteiger partial charge in [-0.2, -0.15) is 0 Å². The standard InChI is InChI=1S/C23H30N2O4/c26-13-19-21(17-4-2-1-3-5-17)23(25(19)20(27)12-16-6-7-16)14-24(15-23)22(28)18-8-10-29-11-9-18/h1-5,16,18-19,21,26H,6-15H2/t19-,21+/m0/s1. The first kappa shape index (κ1) is 19.1. The van der Waals surface area contributed by atoms with Crippen molar-refractivity contribution >= 4 is 11.8 Å². The van der Waals surface area contributed by atoms with Crippen LogP contribution >= 0.6 is 0 Å². The maximum absolute atomic E-state index is 13.1. The topological polar surface area (TPSA) is 70.1 Å². The average molecular weight is 399 g/mol. The van der Waals surface area contributed by atoms with E-state index in [1.807, 2.05) is 28.0 Å². The largest absolute Gasteiger partial charge is 0.394 e. The number of likely N-dealkylation sites (tertiary alicyclic amines) is 2. The van der Waals surface area contributed by atoms with Gasteiger partial charge in [0.2, 0.25) is 11.8 Å². The summed E-state index contributed by atoms with van der Waals surface area (Å²) in [6.07, 6.45) is 4.41. The van der Waals surface area contributed by atoms with Crippen LogP contribution in [0.3, 0.4) is 0 Å². The molecule has 0 aromatic heterocycles. The minimum atomic E-state index is -0.360. The van der Waals surface area contributed by atoms with Crippen molar-refractivity contribution in [3.8, 4) is 0 Å². The van der Waals surface area contributed by atoms with Gasteiger partial charge >= 0.3 is 0 Å². The van der Waals surface area contributed by atoms with Crippen molar-refractivity contribution in [2.45, 2.75) is 49.6 Å². The van der Waals surface area contributed by atoms with Crippen molar-refractivity contribution in [1.82, 2.24) is 9.80 Å². The summed E-state index contributed by atoms with van der Waals surface area (Å²) >= 11 is 0. The highest BCUT2D eigenvalue weighted by atomic mass is 16.5. The number of aliphatic hydroxyl groups is 1. The molecule has 156 valence electrons. The van der Waals surface area contributed by atoms with E-state index in [2.05, 4.69) is 12.1 Å². The van der Waals surface area contributed by atoms with E-state index in [9.17, 15) is 14.7 Å². The summed E-state index contributed by atoms with van der Waals surface area (Å²) in [7, 11) is 0. The van der Waals surface area contributed by atoms with E-state index in [-0.39, 0.29) is 41.8 Å². The fourth-order valence-electron chi connectivity index (χ4n) is 5.71. The van der Waals surface area contributed by atoms with Crippen LogP contribution in [0.1, 0.15) is 43.6 Å². The van der Waals surface area contributed by atoms with Crippen LogP contribution in [0, 0.1) is 11.8 Å². The molecular formula is C23H30N2O4. The maximum Gasteiger partial charge on any atom is 0.226 e. The Balaban J connectivity index is 1.37. The Morgan fingerprint density at radius 3 is 2.38 bits per heavy atom. The van der Waals surface area contributed by atoms with E-state index >= 15 is 0 Å².